The number of hydrogen-bond donors (Lipinski definition) is 1. The summed E-state index contributed by atoms with van der Waals surface area (Å²) in [5.74, 6) is 0.390. The minimum Gasteiger partial charge on any atom is -0.437 e. The van der Waals surface area contributed by atoms with Crippen LogP contribution in [0.3, 0.4) is 0 Å². The maximum Gasteiger partial charge on any atom is 0.435 e. The maximum absolute atomic E-state index is 13.3. The Morgan fingerprint density at radius 1 is 1.28 bits per heavy atom. The summed E-state index contributed by atoms with van der Waals surface area (Å²) in [6.45, 7) is 1.69. The Hall–Kier alpha value is -2.55. The number of rotatable bonds is 2. The monoisotopic (exact) mass is 368 g/mol. The van der Waals surface area contributed by atoms with Crippen molar-refractivity contribution >= 4 is 44.8 Å². The summed E-state index contributed by atoms with van der Waals surface area (Å²) < 4.78 is 45.2. The van der Waals surface area contributed by atoms with Crippen molar-refractivity contribution in [1.29, 1.82) is 0 Å². The van der Waals surface area contributed by atoms with Crippen molar-refractivity contribution in [3.8, 4) is 0 Å². The number of benzene rings is 1. The molecule has 5 nitrogen and oxygen atoms in total. The SMILES string of the molecule is CCSC(=O)Nc1cc2c(=O)c3ccccc3oc2nc1C(F)(F)F. The highest BCUT2D eigenvalue weighted by Gasteiger charge is 2.37. The predicted octanol–water partition coefficient (Wildman–Crippen LogP) is 4.65. The van der Waals surface area contributed by atoms with Gasteiger partial charge in [-0.3, -0.25) is 9.59 Å². The molecule has 0 atom stereocenters. The summed E-state index contributed by atoms with van der Waals surface area (Å²) >= 11 is 0.811. The third-order valence-electron chi connectivity index (χ3n) is 3.35. The number of alkyl halides is 3. The number of amides is 1. The zero-order valence-electron chi connectivity index (χ0n) is 12.8. The Balaban J connectivity index is 2.29. The fourth-order valence-corrected chi connectivity index (χ4v) is 2.76. The highest BCUT2D eigenvalue weighted by Crippen LogP contribution is 2.35. The second kappa shape index (κ2) is 6.40. The number of carbonyl (C=O) groups excluding carboxylic acids is 1. The molecule has 0 bridgehead atoms. The first-order valence-corrected chi connectivity index (χ1v) is 8.17. The molecule has 25 heavy (non-hydrogen) atoms. The topological polar surface area (TPSA) is 72.2 Å². The Labute approximate surface area is 143 Å². The van der Waals surface area contributed by atoms with E-state index >= 15 is 0 Å². The summed E-state index contributed by atoms with van der Waals surface area (Å²) in [6, 6.07) is 7.14. The van der Waals surface area contributed by atoms with E-state index in [1.165, 1.54) is 12.1 Å². The van der Waals surface area contributed by atoms with E-state index in [4.69, 9.17) is 4.42 Å². The van der Waals surface area contributed by atoms with Gasteiger partial charge in [-0.1, -0.05) is 30.8 Å². The number of pyridine rings is 1. The van der Waals surface area contributed by atoms with Gasteiger partial charge in [0.05, 0.1) is 16.5 Å². The Morgan fingerprint density at radius 3 is 2.68 bits per heavy atom. The summed E-state index contributed by atoms with van der Waals surface area (Å²) in [5, 5.41) is 1.56. The molecular formula is C16H11F3N2O3S. The molecule has 0 radical (unpaired) electrons. The van der Waals surface area contributed by atoms with Crippen LogP contribution in [0.2, 0.25) is 0 Å². The van der Waals surface area contributed by atoms with Gasteiger partial charge in [-0.2, -0.15) is 13.2 Å². The second-order valence-electron chi connectivity index (χ2n) is 5.01. The first kappa shape index (κ1) is 17.3. The van der Waals surface area contributed by atoms with Crippen LogP contribution < -0.4 is 10.7 Å². The number of para-hydroxylation sites is 1. The zero-order chi connectivity index (χ0) is 18.2. The van der Waals surface area contributed by atoms with Crippen LogP contribution in [-0.2, 0) is 6.18 Å². The van der Waals surface area contributed by atoms with E-state index in [-0.39, 0.29) is 16.4 Å². The van der Waals surface area contributed by atoms with E-state index in [1.54, 1.807) is 19.1 Å². The van der Waals surface area contributed by atoms with Crippen LogP contribution in [0.15, 0.2) is 39.5 Å². The third-order valence-corrected chi connectivity index (χ3v) is 4.00. The number of halogens is 3. The first-order valence-electron chi connectivity index (χ1n) is 7.19. The lowest BCUT2D eigenvalue weighted by Crippen LogP contribution is -2.17. The van der Waals surface area contributed by atoms with Crippen molar-refractivity contribution in [3.63, 3.8) is 0 Å². The highest BCUT2D eigenvalue weighted by molar-refractivity contribution is 8.13. The third kappa shape index (κ3) is 3.32. The molecule has 0 spiro atoms. The zero-order valence-corrected chi connectivity index (χ0v) is 13.6. The lowest BCUT2D eigenvalue weighted by atomic mass is 10.1. The number of fused-ring (bicyclic) bond motifs is 2. The van der Waals surface area contributed by atoms with Gasteiger partial charge < -0.3 is 9.73 Å². The molecule has 130 valence electrons. The quantitative estimate of drug-likeness (QED) is 0.667. The van der Waals surface area contributed by atoms with E-state index in [9.17, 15) is 22.8 Å². The molecule has 0 aliphatic rings. The van der Waals surface area contributed by atoms with Gasteiger partial charge in [0.2, 0.25) is 11.1 Å². The summed E-state index contributed by atoms with van der Waals surface area (Å²) in [6.07, 6.45) is -4.82. The van der Waals surface area contributed by atoms with Crippen LogP contribution in [0.4, 0.5) is 23.7 Å². The van der Waals surface area contributed by atoms with Crippen molar-refractivity contribution in [2.24, 2.45) is 0 Å². The van der Waals surface area contributed by atoms with Crippen LogP contribution in [0, 0.1) is 0 Å². The second-order valence-corrected chi connectivity index (χ2v) is 6.24. The summed E-state index contributed by atoms with van der Waals surface area (Å²) in [4.78, 5) is 27.6. The van der Waals surface area contributed by atoms with E-state index < -0.39 is 33.9 Å². The molecule has 0 aliphatic heterocycles. The highest BCUT2D eigenvalue weighted by atomic mass is 32.2. The van der Waals surface area contributed by atoms with Crippen LogP contribution in [0.1, 0.15) is 12.6 Å². The van der Waals surface area contributed by atoms with Crippen molar-refractivity contribution in [1.82, 2.24) is 4.98 Å². The number of carbonyl (C=O) groups is 1. The van der Waals surface area contributed by atoms with Gasteiger partial charge in [-0.05, 0) is 24.0 Å². The molecule has 1 N–H and O–H groups in total. The van der Waals surface area contributed by atoms with E-state index in [0.717, 1.165) is 17.8 Å². The molecule has 1 aromatic carbocycles. The predicted molar refractivity (Wildman–Crippen MR) is 89.9 cm³/mol. The molecule has 0 saturated carbocycles. The molecular weight excluding hydrogens is 357 g/mol. The van der Waals surface area contributed by atoms with Gasteiger partial charge in [-0.15, -0.1) is 0 Å². The van der Waals surface area contributed by atoms with Gasteiger partial charge in [-0.25, -0.2) is 4.98 Å². The lowest BCUT2D eigenvalue weighted by Gasteiger charge is -2.13. The molecule has 0 aliphatic carbocycles. The number of hydrogen-bond acceptors (Lipinski definition) is 5. The van der Waals surface area contributed by atoms with Gasteiger partial charge in [0.1, 0.15) is 5.58 Å². The first-order chi connectivity index (χ1) is 11.8. The van der Waals surface area contributed by atoms with Gasteiger partial charge >= 0.3 is 6.18 Å². The van der Waals surface area contributed by atoms with Gasteiger partial charge in [0, 0.05) is 0 Å². The Bertz CT molecular complexity index is 1030. The lowest BCUT2D eigenvalue weighted by molar-refractivity contribution is -0.140. The number of anilines is 1. The maximum atomic E-state index is 13.3. The van der Waals surface area contributed by atoms with Gasteiger partial charge in [0.25, 0.3) is 5.24 Å². The number of thioether (sulfide) groups is 1. The summed E-state index contributed by atoms with van der Waals surface area (Å²) in [7, 11) is 0. The number of nitrogens with zero attached hydrogens (tertiary/aromatic N) is 1. The molecule has 0 saturated heterocycles. The van der Waals surface area contributed by atoms with E-state index in [0.29, 0.717) is 5.75 Å². The fraction of sp³-hybridized carbons (Fsp3) is 0.188. The number of aromatic nitrogens is 1. The van der Waals surface area contributed by atoms with Crippen LogP contribution in [0.5, 0.6) is 0 Å². The molecule has 3 rings (SSSR count). The standard InChI is InChI=1S/C16H11F3N2O3S/c1-2-25-15(23)20-10-7-9-12(22)8-5-3-4-6-11(8)24-14(9)21-13(10)16(17,18)19/h3-7H,2H2,1H3,(H,20,23). The molecule has 1 amide bonds. The average molecular weight is 368 g/mol. The van der Waals surface area contributed by atoms with Crippen LogP contribution in [0.25, 0.3) is 22.1 Å². The molecule has 2 aromatic heterocycles. The van der Waals surface area contributed by atoms with E-state index in [1.807, 2.05) is 0 Å². The van der Waals surface area contributed by atoms with Crippen LogP contribution >= 0.6 is 11.8 Å². The Morgan fingerprint density at radius 2 is 2.00 bits per heavy atom. The van der Waals surface area contributed by atoms with Crippen LogP contribution in [-0.4, -0.2) is 16.0 Å². The van der Waals surface area contributed by atoms with Crippen molar-refractivity contribution < 1.29 is 22.4 Å². The van der Waals surface area contributed by atoms with Crippen molar-refractivity contribution in [2.45, 2.75) is 13.1 Å². The molecule has 9 heteroatoms. The van der Waals surface area contributed by atoms with Crippen molar-refractivity contribution in [3.05, 3.63) is 46.2 Å². The molecule has 0 unspecified atom stereocenters. The number of nitrogens with one attached hydrogen (secondary N) is 1. The molecule has 3 aromatic rings. The normalized spacial score (nSPS) is 11.8. The Kier molecular flexibility index (Phi) is 4.42. The van der Waals surface area contributed by atoms with Gasteiger partial charge in [0.15, 0.2) is 5.69 Å². The smallest absolute Gasteiger partial charge is 0.435 e. The minimum absolute atomic E-state index is 0.136. The minimum atomic E-state index is -4.82. The molecule has 2 heterocycles. The fourth-order valence-electron chi connectivity index (χ4n) is 2.32. The van der Waals surface area contributed by atoms with Crippen molar-refractivity contribution in [2.75, 3.05) is 11.1 Å². The average Bonchev–Trinajstić information content (AvgIpc) is 2.54. The molecule has 0 fully saturated rings. The summed E-state index contributed by atoms with van der Waals surface area (Å²) in [5.41, 5.74) is -2.70. The van der Waals surface area contributed by atoms with E-state index in [2.05, 4.69) is 10.3 Å². The largest absolute Gasteiger partial charge is 0.437 e.